The quantitative estimate of drug-likeness (QED) is 0.755. The topological polar surface area (TPSA) is 68.3 Å². The number of hydrogen-bond donors (Lipinski definition) is 0. The zero-order valence-electron chi connectivity index (χ0n) is 14.7. The van der Waals surface area contributed by atoms with Crippen molar-refractivity contribution in [3.8, 4) is 11.5 Å². The molecule has 2 saturated heterocycles. The van der Waals surface area contributed by atoms with E-state index in [9.17, 15) is 8.42 Å². The summed E-state index contributed by atoms with van der Waals surface area (Å²) >= 11 is 1.79. The highest BCUT2D eigenvalue weighted by Crippen LogP contribution is 2.38. The monoisotopic (exact) mass is 388 g/mol. The Bertz CT molecular complexity index is 706. The Labute approximate surface area is 153 Å². The normalized spacial score (nSPS) is 25.9. The third-order valence-corrected chi connectivity index (χ3v) is 7.83. The van der Waals surface area contributed by atoms with Gasteiger partial charge < -0.3 is 9.47 Å². The minimum absolute atomic E-state index is 0.154. The highest BCUT2D eigenvalue weighted by molar-refractivity contribution is 7.99. The maximum Gasteiger partial charge on any atom is 0.221 e. The summed E-state index contributed by atoms with van der Waals surface area (Å²) in [7, 11) is 1.46. The molecule has 1 aromatic carbocycles. The van der Waals surface area contributed by atoms with Gasteiger partial charge in [-0.05, 0) is 17.7 Å². The highest BCUT2D eigenvalue weighted by atomic mass is 32.2. The second-order valence-electron chi connectivity index (χ2n) is 6.00. The molecule has 2 aliphatic rings. The van der Waals surface area contributed by atoms with E-state index >= 15 is 0 Å². The van der Waals surface area contributed by atoms with Crippen molar-refractivity contribution in [3.63, 3.8) is 0 Å². The van der Waals surface area contributed by atoms with Crippen LogP contribution in [0.5, 0.6) is 11.5 Å². The molecule has 140 valence electrons. The summed E-state index contributed by atoms with van der Waals surface area (Å²) in [6.45, 7) is 1.28. The Morgan fingerprint density at radius 1 is 1.16 bits per heavy atom. The van der Waals surface area contributed by atoms with Gasteiger partial charge in [-0.3, -0.25) is 4.84 Å². The van der Waals surface area contributed by atoms with Crippen LogP contribution in [-0.2, 0) is 14.9 Å². The maximum absolute atomic E-state index is 13.1. The van der Waals surface area contributed by atoms with Crippen molar-refractivity contribution >= 4 is 21.8 Å². The van der Waals surface area contributed by atoms with Crippen molar-refractivity contribution in [2.24, 2.45) is 0 Å². The van der Waals surface area contributed by atoms with Crippen molar-refractivity contribution in [1.29, 1.82) is 0 Å². The Balaban J connectivity index is 1.93. The van der Waals surface area contributed by atoms with E-state index in [1.165, 1.54) is 0 Å². The summed E-state index contributed by atoms with van der Waals surface area (Å²) in [6, 6.07) is 5.09. The molecule has 0 amide bonds. The lowest BCUT2D eigenvalue weighted by molar-refractivity contribution is -0.110. The minimum atomic E-state index is -3.45. The summed E-state index contributed by atoms with van der Waals surface area (Å²) in [5, 5.41) is 0.987. The third kappa shape index (κ3) is 3.61. The molecule has 25 heavy (non-hydrogen) atoms. The van der Waals surface area contributed by atoms with Gasteiger partial charge in [0.15, 0.2) is 11.5 Å². The third-order valence-electron chi connectivity index (χ3n) is 4.65. The maximum atomic E-state index is 13.1. The van der Waals surface area contributed by atoms with Gasteiger partial charge in [-0.25, -0.2) is 8.42 Å². The van der Waals surface area contributed by atoms with Gasteiger partial charge in [-0.2, -0.15) is 21.1 Å². The van der Waals surface area contributed by atoms with Crippen LogP contribution in [0.15, 0.2) is 18.2 Å². The molecular formula is C16H24N2O5S2. The van der Waals surface area contributed by atoms with Crippen molar-refractivity contribution in [2.75, 3.05) is 52.5 Å². The smallest absolute Gasteiger partial charge is 0.221 e. The summed E-state index contributed by atoms with van der Waals surface area (Å²) in [5.41, 5.74) is 0.831. The molecule has 0 aliphatic carbocycles. The van der Waals surface area contributed by atoms with Crippen LogP contribution in [0, 0.1) is 0 Å². The fourth-order valence-corrected chi connectivity index (χ4v) is 6.40. The van der Waals surface area contributed by atoms with Crippen molar-refractivity contribution in [2.45, 2.75) is 11.3 Å². The van der Waals surface area contributed by atoms with E-state index in [-0.39, 0.29) is 12.6 Å². The van der Waals surface area contributed by atoms with Gasteiger partial charge in [0.05, 0.1) is 26.9 Å². The average molecular weight is 389 g/mol. The SMILES string of the molecule is COc1ccc([C@@H]2[C@H](S(=O)(=O)N3CCSCC3)CON2C)cc1OC. The molecule has 0 aromatic heterocycles. The average Bonchev–Trinajstić information content (AvgIpc) is 3.04. The van der Waals surface area contributed by atoms with Crippen LogP contribution < -0.4 is 9.47 Å². The second-order valence-corrected chi connectivity index (χ2v) is 9.37. The van der Waals surface area contributed by atoms with Gasteiger partial charge in [-0.1, -0.05) is 6.07 Å². The lowest BCUT2D eigenvalue weighted by Gasteiger charge is -2.31. The first-order chi connectivity index (χ1) is 12.0. The van der Waals surface area contributed by atoms with Gasteiger partial charge >= 0.3 is 0 Å². The van der Waals surface area contributed by atoms with Crippen LogP contribution in [0.2, 0.25) is 0 Å². The number of methoxy groups -OCH3 is 2. The van der Waals surface area contributed by atoms with Crippen LogP contribution in [-0.4, -0.2) is 75.5 Å². The number of hydrogen-bond acceptors (Lipinski definition) is 7. The number of rotatable bonds is 5. The molecule has 0 N–H and O–H groups in total. The second kappa shape index (κ2) is 7.71. The highest BCUT2D eigenvalue weighted by Gasteiger charge is 2.46. The standard InChI is InChI=1S/C16H24N2O5S2/c1-17-16(12-4-5-13(21-2)14(10-12)22-3)15(11-23-17)25(19,20)18-6-8-24-9-7-18/h4-5,10,15-16H,6-9,11H2,1-3H3/t15-,16-/m1/s1. The number of nitrogens with zero attached hydrogens (tertiary/aromatic N) is 2. The van der Waals surface area contributed by atoms with E-state index in [0.29, 0.717) is 24.6 Å². The van der Waals surface area contributed by atoms with Gasteiger partial charge in [0.1, 0.15) is 5.25 Å². The number of benzene rings is 1. The van der Waals surface area contributed by atoms with E-state index in [2.05, 4.69) is 0 Å². The lowest BCUT2D eigenvalue weighted by atomic mass is 10.0. The summed E-state index contributed by atoms with van der Waals surface area (Å²) < 4.78 is 38.5. The Kier molecular flexibility index (Phi) is 5.79. The fourth-order valence-electron chi connectivity index (χ4n) is 3.30. The number of sulfonamides is 1. The molecule has 0 bridgehead atoms. The van der Waals surface area contributed by atoms with Crippen LogP contribution in [0.1, 0.15) is 11.6 Å². The van der Waals surface area contributed by atoms with E-state index in [1.807, 2.05) is 12.1 Å². The predicted molar refractivity (Wildman–Crippen MR) is 97.6 cm³/mol. The zero-order chi connectivity index (χ0) is 18.0. The van der Waals surface area contributed by atoms with Crippen molar-refractivity contribution in [3.05, 3.63) is 23.8 Å². The van der Waals surface area contributed by atoms with Gasteiger partial charge in [0.2, 0.25) is 10.0 Å². The summed E-state index contributed by atoms with van der Waals surface area (Å²) in [4.78, 5) is 5.59. The molecular weight excluding hydrogens is 364 g/mol. The van der Waals surface area contributed by atoms with Gasteiger partial charge in [-0.15, -0.1) is 0 Å². The molecule has 7 nitrogen and oxygen atoms in total. The molecule has 0 spiro atoms. The Hall–Kier alpha value is -1.00. The fraction of sp³-hybridized carbons (Fsp3) is 0.625. The molecule has 2 heterocycles. The van der Waals surface area contributed by atoms with Crippen molar-refractivity contribution < 1.29 is 22.7 Å². The number of thioether (sulfide) groups is 1. The first-order valence-corrected chi connectivity index (χ1v) is 10.8. The molecule has 0 saturated carbocycles. The van der Waals surface area contributed by atoms with Crippen LogP contribution in [0.4, 0.5) is 0 Å². The van der Waals surface area contributed by atoms with Crippen molar-refractivity contribution in [1.82, 2.24) is 9.37 Å². The largest absolute Gasteiger partial charge is 0.493 e. The van der Waals surface area contributed by atoms with Gasteiger partial charge in [0, 0.05) is 31.6 Å². The molecule has 0 radical (unpaired) electrons. The Morgan fingerprint density at radius 3 is 2.48 bits per heavy atom. The first-order valence-electron chi connectivity index (χ1n) is 8.13. The molecule has 3 rings (SSSR count). The molecule has 2 aliphatic heterocycles. The molecule has 1 aromatic rings. The van der Waals surface area contributed by atoms with E-state index in [1.54, 1.807) is 48.5 Å². The summed E-state index contributed by atoms with van der Waals surface area (Å²) in [5.74, 6) is 2.86. The number of hydroxylamine groups is 2. The first kappa shape index (κ1) is 18.8. The summed E-state index contributed by atoms with van der Waals surface area (Å²) in [6.07, 6.45) is 0. The molecule has 9 heteroatoms. The van der Waals surface area contributed by atoms with E-state index < -0.39 is 15.3 Å². The molecule has 2 atom stereocenters. The zero-order valence-corrected chi connectivity index (χ0v) is 16.3. The molecule has 2 fully saturated rings. The molecule has 0 unspecified atom stereocenters. The predicted octanol–water partition coefficient (Wildman–Crippen LogP) is 1.37. The van der Waals surface area contributed by atoms with Gasteiger partial charge in [0.25, 0.3) is 0 Å². The van der Waals surface area contributed by atoms with Crippen LogP contribution in [0.25, 0.3) is 0 Å². The van der Waals surface area contributed by atoms with Crippen LogP contribution in [0.3, 0.4) is 0 Å². The number of ether oxygens (including phenoxy) is 2. The van der Waals surface area contributed by atoms with Crippen LogP contribution >= 0.6 is 11.8 Å². The Morgan fingerprint density at radius 2 is 1.84 bits per heavy atom. The lowest BCUT2D eigenvalue weighted by Crippen LogP contribution is -2.45. The van der Waals surface area contributed by atoms with E-state index in [0.717, 1.165) is 17.1 Å². The minimum Gasteiger partial charge on any atom is -0.493 e. The van der Waals surface area contributed by atoms with E-state index in [4.69, 9.17) is 14.3 Å².